The zero-order valence-electron chi connectivity index (χ0n) is 10.3. The Kier molecular flexibility index (Phi) is 3.47. The van der Waals surface area contributed by atoms with Crippen LogP contribution in [-0.2, 0) is 4.79 Å². The summed E-state index contributed by atoms with van der Waals surface area (Å²) in [6.07, 6.45) is 8.69. The lowest BCUT2D eigenvalue weighted by Gasteiger charge is -2.24. The summed E-state index contributed by atoms with van der Waals surface area (Å²) in [4.78, 5) is 14.2. The first-order valence-electron chi connectivity index (χ1n) is 6.41. The zero-order valence-corrected chi connectivity index (χ0v) is 10.3. The first-order chi connectivity index (χ1) is 7.72. The first kappa shape index (κ1) is 11.4. The number of likely N-dealkylation sites (tertiary alicyclic amines) is 1. The average Bonchev–Trinajstić information content (AvgIpc) is 2.81. The third-order valence-electron chi connectivity index (χ3n) is 3.69. The zero-order chi connectivity index (χ0) is 11.5. The van der Waals surface area contributed by atoms with Crippen molar-refractivity contribution in [2.75, 3.05) is 13.1 Å². The molecule has 88 valence electrons. The van der Waals surface area contributed by atoms with Crippen LogP contribution in [0.4, 0.5) is 0 Å². The van der Waals surface area contributed by atoms with Gasteiger partial charge >= 0.3 is 0 Å². The first-order valence-corrected chi connectivity index (χ1v) is 6.41. The molecular formula is C14H21NO. The molecule has 1 fully saturated rings. The van der Waals surface area contributed by atoms with Gasteiger partial charge in [-0.2, -0.15) is 0 Å². The largest absolute Gasteiger partial charge is 0.339 e. The van der Waals surface area contributed by atoms with E-state index in [4.69, 9.17) is 0 Å². The molecule has 2 heteroatoms. The lowest BCUT2D eigenvalue weighted by molar-refractivity contribution is -0.126. The maximum Gasteiger partial charge on any atom is 0.250 e. The minimum Gasteiger partial charge on any atom is -0.339 e. The summed E-state index contributed by atoms with van der Waals surface area (Å²) >= 11 is 0. The second kappa shape index (κ2) is 4.86. The van der Waals surface area contributed by atoms with E-state index in [9.17, 15) is 4.79 Å². The van der Waals surface area contributed by atoms with Crippen molar-refractivity contribution in [3.63, 3.8) is 0 Å². The summed E-state index contributed by atoms with van der Waals surface area (Å²) in [5.41, 5.74) is 2.48. The quantitative estimate of drug-likeness (QED) is 0.699. The van der Waals surface area contributed by atoms with Gasteiger partial charge in [0.15, 0.2) is 0 Å². The van der Waals surface area contributed by atoms with Crippen molar-refractivity contribution in [2.24, 2.45) is 5.92 Å². The Morgan fingerprint density at radius 3 is 2.62 bits per heavy atom. The Bertz CT molecular complexity index is 335. The van der Waals surface area contributed by atoms with E-state index < -0.39 is 0 Å². The molecule has 0 aromatic rings. The van der Waals surface area contributed by atoms with Crippen molar-refractivity contribution in [2.45, 2.75) is 39.5 Å². The Morgan fingerprint density at radius 2 is 2.06 bits per heavy atom. The van der Waals surface area contributed by atoms with E-state index in [0.717, 1.165) is 31.5 Å². The summed E-state index contributed by atoms with van der Waals surface area (Å²) in [5.74, 6) is 0.671. The van der Waals surface area contributed by atoms with Crippen LogP contribution in [0.25, 0.3) is 0 Å². The number of nitrogens with zero attached hydrogens (tertiary/aromatic N) is 1. The SMILES string of the molecule is CCC1=CC=C(C(=O)N2CCCC2)C(C)C1. The predicted molar refractivity (Wildman–Crippen MR) is 66.1 cm³/mol. The molecule has 1 saturated heterocycles. The van der Waals surface area contributed by atoms with E-state index in [1.54, 1.807) is 0 Å². The molecule has 0 radical (unpaired) electrons. The van der Waals surface area contributed by atoms with Gasteiger partial charge in [-0.3, -0.25) is 4.79 Å². The summed E-state index contributed by atoms with van der Waals surface area (Å²) in [6, 6.07) is 0. The summed E-state index contributed by atoms with van der Waals surface area (Å²) in [6.45, 7) is 6.25. The highest BCUT2D eigenvalue weighted by atomic mass is 16.2. The minimum atomic E-state index is 0.274. The molecule has 0 N–H and O–H groups in total. The molecule has 1 atom stereocenters. The summed E-state index contributed by atoms with van der Waals surface area (Å²) < 4.78 is 0. The Hall–Kier alpha value is -1.05. The number of carbonyl (C=O) groups is 1. The molecule has 1 unspecified atom stereocenters. The van der Waals surface area contributed by atoms with Crippen LogP contribution in [-0.4, -0.2) is 23.9 Å². The molecule has 0 bridgehead atoms. The van der Waals surface area contributed by atoms with E-state index in [1.165, 1.54) is 18.4 Å². The van der Waals surface area contributed by atoms with Crippen molar-refractivity contribution >= 4 is 5.91 Å². The van der Waals surface area contributed by atoms with E-state index in [2.05, 4.69) is 19.9 Å². The standard InChI is InChI=1S/C14H21NO/c1-3-12-6-7-13(11(2)10-12)14(16)15-8-4-5-9-15/h6-7,11H,3-5,8-10H2,1-2H3. The van der Waals surface area contributed by atoms with Gasteiger partial charge in [-0.25, -0.2) is 0 Å². The minimum absolute atomic E-state index is 0.274. The molecule has 16 heavy (non-hydrogen) atoms. The van der Waals surface area contributed by atoms with E-state index >= 15 is 0 Å². The van der Waals surface area contributed by atoms with Crippen LogP contribution in [0.1, 0.15) is 39.5 Å². The third kappa shape index (κ3) is 2.21. The monoisotopic (exact) mass is 219 g/mol. The topological polar surface area (TPSA) is 20.3 Å². The Balaban J connectivity index is 2.11. The van der Waals surface area contributed by atoms with Gasteiger partial charge in [0, 0.05) is 18.7 Å². The van der Waals surface area contributed by atoms with Gasteiger partial charge in [-0.15, -0.1) is 0 Å². The molecule has 1 aliphatic carbocycles. The van der Waals surface area contributed by atoms with Crippen LogP contribution in [0.5, 0.6) is 0 Å². The lowest BCUT2D eigenvalue weighted by atomic mass is 9.87. The fraction of sp³-hybridized carbons (Fsp3) is 0.643. The molecule has 0 aromatic carbocycles. The van der Waals surface area contributed by atoms with Gasteiger partial charge in [0.1, 0.15) is 0 Å². The van der Waals surface area contributed by atoms with E-state index in [0.29, 0.717) is 5.92 Å². The van der Waals surface area contributed by atoms with Gasteiger partial charge in [-0.05, 0) is 31.6 Å². The number of hydrogen-bond donors (Lipinski definition) is 0. The van der Waals surface area contributed by atoms with Gasteiger partial charge in [0.05, 0.1) is 0 Å². The van der Waals surface area contributed by atoms with Crippen molar-refractivity contribution < 1.29 is 4.79 Å². The molecule has 2 rings (SSSR count). The van der Waals surface area contributed by atoms with Gasteiger partial charge in [0.2, 0.25) is 5.91 Å². The maximum absolute atomic E-state index is 12.2. The Labute approximate surface area is 98.0 Å². The lowest BCUT2D eigenvalue weighted by Crippen LogP contribution is -2.31. The predicted octanol–water partition coefficient (Wildman–Crippen LogP) is 2.91. The summed E-state index contributed by atoms with van der Waals surface area (Å²) in [5, 5.41) is 0. The molecule has 2 aliphatic rings. The van der Waals surface area contributed by atoms with Crippen LogP contribution < -0.4 is 0 Å². The molecule has 1 amide bonds. The normalized spacial score (nSPS) is 25.4. The molecule has 1 aliphatic heterocycles. The second-order valence-electron chi connectivity index (χ2n) is 4.90. The molecular weight excluding hydrogens is 198 g/mol. The van der Waals surface area contributed by atoms with Crippen molar-refractivity contribution in [1.82, 2.24) is 4.90 Å². The number of rotatable bonds is 2. The highest BCUT2D eigenvalue weighted by Crippen LogP contribution is 2.28. The fourth-order valence-corrected chi connectivity index (χ4v) is 2.59. The second-order valence-corrected chi connectivity index (χ2v) is 4.90. The molecule has 2 nitrogen and oxygen atoms in total. The smallest absolute Gasteiger partial charge is 0.250 e. The van der Waals surface area contributed by atoms with Crippen molar-refractivity contribution in [1.29, 1.82) is 0 Å². The fourth-order valence-electron chi connectivity index (χ4n) is 2.59. The van der Waals surface area contributed by atoms with E-state index in [-0.39, 0.29) is 5.91 Å². The third-order valence-corrected chi connectivity index (χ3v) is 3.69. The molecule has 0 saturated carbocycles. The van der Waals surface area contributed by atoms with Gasteiger partial charge < -0.3 is 4.90 Å². The molecule has 1 heterocycles. The Morgan fingerprint density at radius 1 is 1.38 bits per heavy atom. The van der Waals surface area contributed by atoms with Crippen molar-refractivity contribution in [3.05, 3.63) is 23.3 Å². The number of allylic oxidation sites excluding steroid dienone is 3. The maximum atomic E-state index is 12.2. The van der Waals surface area contributed by atoms with Crippen molar-refractivity contribution in [3.8, 4) is 0 Å². The molecule has 0 spiro atoms. The van der Waals surface area contributed by atoms with Gasteiger partial charge in [-0.1, -0.05) is 31.6 Å². The van der Waals surface area contributed by atoms with Crippen LogP contribution in [0.3, 0.4) is 0 Å². The van der Waals surface area contributed by atoms with Crippen LogP contribution in [0.15, 0.2) is 23.3 Å². The molecule has 0 aromatic heterocycles. The van der Waals surface area contributed by atoms with Crippen LogP contribution in [0.2, 0.25) is 0 Å². The van der Waals surface area contributed by atoms with Crippen LogP contribution >= 0.6 is 0 Å². The average molecular weight is 219 g/mol. The number of hydrogen-bond acceptors (Lipinski definition) is 1. The highest BCUT2D eigenvalue weighted by molar-refractivity contribution is 5.94. The van der Waals surface area contributed by atoms with E-state index in [1.807, 2.05) is 11.0 Å². The van der Waals surface area contributed by atoms with Gasteiger partial charge in [0.25, 0.3) is 0 Å². The number of carbonyl (C=O) groups excluding carboxylic acids is 1. The number of amides is 1. The highest BCUT2D eigenvalue weighted by Gasteiger charge is 2.26. The summed E-state index contributed by atoms with van der Waals surface area (Å²) in [7, 11) is 0. The van der Waals surface area contributed by atoms with Crippen LogP contribution in [0, 0.1) is 5.92 Å².